The Hall–Kier alpha value is -3.33. The number of hydrogen-bond acceptors (Lipinski definition) is 7. The molecule has 0 saturated carbocycles. The first-order chi connectivity index (χ1) is 13.4. The van der Waals surface area contributed by atoms with Gasteiger partial charge < -0.3 is 9.15 Å². The SMILES string of the molecule is Cc1cccc(OCCN2C(=O)S/C(=C\C=C\c3ccc([N+](=O)[O-])o3)C2=O)c1. The first-order valence-corrected chi connectivity index (χ1v) is 9.11. The maximum absolute atomic E-state index is 12.4. The highest BCUT2D eigenvalue weighted by Crippen LogP contribution is 2.30. The minimum Gasteiger partial charge on any atom is -0.492 e. The number of amides is 2. The maximum atomic E-state index is 12.4. The first-order valence-electron chi connectivity index (χ1n) is 8.30. The number of nitro groups is 1. The lowest BCUT2D eigenvalue weighted by molar-refractivity contribution is -0.402. The number of benzene rings is 1. The molecule has 8 nitrogen and oxygen atoms in total. The van der Waals surface area contributed by atoms with Crippen LogP contribution in [0.4, 0.5) is 10.7 Å². The molecule has 1 aromatic heterocycles. The number of carbonyl (C=O) groups excluding carboxylic acids is 2. The summed E-state index contributed by atoms with van der Waals surface area (Å²) in [5.74, 6) is 0.179. The predicted molar refractivity (Wildman–Crippen MR) is 104 cm³/mol. The zero-order valence-corrected chi connectivity index (χ0v) is 15.7. The summed E-state index contributed by atoms with van der Waals surface area (Å²) < 4.78 is 10.6. The van der Waals surface area contributed by atoms with E-state index in [0.29, 0.717) is 5.75 Å². The molecule has 1 aliphatic heterocycles. The molecule has 144 valence electrons. The van der Waals surface area contributed by atoms with Gasteiger partial charge in [0.25, 0.3) is 11.1 Å². The molecule has 3 rings (SSSR count). The van der Waals surface area contributed by atoms with Gasteiger partial charge in [-0.1, -0.05) is 18.2 Å². The molecule has 2 aromatic rings. The molecule has 2 heterocycles. The molecular formula is C19H16N2O6S. The number of nitrogens with zero attached hydrogens (tertiary/aromatic N) is 2. The number of aryl methyl sites for hydroxylation is 1. The third-order valence-corrected chi connectivity index (χ3v) is 4.67. The normalized spacial score (nSPS) is 15.8. The van der Waals surface area contributed by atoms with Gasteiger partial charge in [0, 0.05) is 0 Å². The fourth-order valence-electron chi connectivity index (χ4n) is 2.43. The monoisotopic (exact) mass is 400 g/mol. The van der Waals surface area contributed by atoms with E-state index in [1.807, 2.05) is 31.2 Å². The lowest BCUT2D eigenvalue weighted by Crippen LogP contribution is -2.32. The molecule has 0 radical (unpaired) electrons. The Morgan fingerprint density at radius 2 is 2.11 bits per heavy atom. The van der Waals surface area contributed by atoms with Crippen LogP contribution >= 0.6 is 11.8 Å². The Morgan fingerprint density at radius 3 is 2.82 bits per heavy atom. The molecule has 0 unspecified atom stereocenters. The number of furan rings is 1. The fraction of sp³-hybridized carbons (Fsp3) is 0.158. The van der Waals surface area contributed by atoms with E-state index in [0.717, 1.165) is 22.2 Å². The number of thioether (sulfide) groups is 1. The molecule has 0 bridgehead atoms. The molecule has 9 heteroatoms. The van der Waals surface area contributed by atoms with Crippen LogP contribution in [0, 0.1) is 17.0 Å². The van der Waals surface area contributed by atoms with Gasteiger partial charge in [-0.2, -0.15) is 0 Å². The third kappa shape index (κ3) is 4.68. The van der Waals surface area contributed by atoms with Crippen molar-refractivity contribution >= 4 is 34.9 Å². The number of rotatable bonds is 7. The molecule has 28 heavy (non-hydrogen) atoms. The average Bonchev–Trinajstić information content (AvgIpc) is 3.22. The second-order valence-corrected chi connectivity index (χ2v) is 6.81. The highest BCUT2D eigenvalue weighted by molar-refractivity contribution is 8.18. The van der Waals surface area contributed by atoms with Crippen molar-refractivity contribution in [2.45, 2.75) is 6.92 Å². The summed E-state index contributed by atoms with van der Waals surface area (Å²) in [6, 6.07) is 10.2. The van der Waals surface area contributed by atoms with Crippen LogP contribution in [0.1, 0.15) is 11.3 Å². The van der Waals surface area contributed by atoms with Gasteiger partial charge in [-0.25, -0.2) is 0 Å². The molecule has 1 aromatic carbocycles. The number of ether oxygens (including phenoxy) is 1. The van der Waals surface area contributed by atoms with Crippen LogP contribution in [0.25, 0.3) is 6.08 Å². The summed E-state index contributed by atoms with van der Waals surface area (Å²) in [6.07, 6.45) is 4.45. The molecule has 0 spiro atoms. The molecule has 0 atom stereocenters. The summed E-state index contributed by atoms with van der Waals surface area (Å²) in [4.78, 5) is 35.7. The number of imide groups is 1. The van der Waals surface area contributed by atoms with Crippen LogP contribution < -0.4 is 4.74 Å². The summed E-state index contributed by atoms with van der Waals surface area (Å²) in [6.45, 7) is 2.28. The second kappa shape index (κ2) is 8.57. The van der Waals surface area contributed by atoms with Crippen molar-refractivity contribution in [1.29, 1.82) is 0 Å². The van der Waals surface area contributed by atoms with Crippen molar-refractivity contribution in [3.63, 3.8) is 0 Å². The quantitative estimate of drug-likeness (QED) is 0.390. The Labute approximate surface area is 164 Å². The van der Waals surface area contributed by atoms with Gasteiger partial charge in [0.15, 0.2) is 0 Å². The summed E-state index contributed by atoms with van der Waals surface area (Å²) in [5.41, 5.74) is 1.06. The van der Waals surface area contributed by atoms with Crippen molar-refractivity contribution in [2.24, 2.45) is 0 Å². The van der Waals surface area contributed by atoms with Gasteiger partial charge in [-0.3, -0.25) is 24.6 Å². The Bertz CT molecular complexity index is 978. The van der Waals surface area contributed by atoms with Crippen LogP contribution in [0.2, 0.25) is 0 Å². The number of allylic oxidation sites excluding steroid dienone is 2. The highest BCUT2D eigenvalue weighted by atomic mass is 32.2. The van der Waals surface area contributed by atoms with Gasteiger partial charge in [0.05, 0.1) is 17.5 Å². The van der Waals surface area contributed by atoms with Gasteiger partial charge >= 0.3 is 5.88 Å². The van der Waals surface area contributed by atoms with E-state index in [-0.39, 0.29) is 34.9 Å². The smallest absolute Gasteiger partial charge is 0.433 e. The molecule has 0 aliphatic carbocycles. The van der Waals surface area contributed by atoms with Crippen molar-refractivity contribution < 1.29 is 23.7 Å². The van der Waals surface area contributed by atoms with E-state index in [1.165, 1.54) is 30.4 Å². The van der Waals surface area contributed by atoms with E-state index in [1.54, 1.807) is 0 Å². The van der Waals surface area contributed by atoms with Gasteiger partial charge in [0.1, 0.15) is 23.0 Å². The van der Waals surface area contributed by atoms with E-state index in [9.17, 15) is 19.7 Å². The van der Waals surface area contributed by atoms with Crippen LogP contribution in [0.5, 0.6) is 5.75 Å². The van der Waals surface area contributed by atoms with Crippen molar-refractivity contribution in [2.75, 3.05) is 13.2 Å². The van der Waals surface area contributed by atoms with Gasteiger partial charge in [-0.15, -0.1) is 0 Å². The van der Waals surface area contributed by atoms with E-state index < -0.39 is 10.8 Å². The maximum Gasteiger partial charge on any atom is 0.433 e. The number of hydrogen-bond donors (Lipinski definition) is 0. The predicted octanol–water partition coefficient (Wildman–Crippen LogP) is 4.17. The highest BCUT2D eigenvalue weighted by Gasteiger charge is 2.34. The molecule has 1 aliphatic rings. The molecule has 0 N–H and O–H groups in total. The zero-order valence-electron chi connectivity index (χ0n) is 14.9. The lowest BCUT2D eigenvalue weighted by atomic mass is 10.2. The molecular weight excluding hydrogens is 384 g/mol. The second-order valence-electron chi connectivity index (χ2n) is 5.81. The van der Waals surface area contributed by atoms with Crippen molar-refractivity contribution in [3.8, 4) is 5.75 Å². The van der Waals surface area contributed by atoms with E-state index >= 15 is 0 Å². The van der Waals surface area contributed by atoms with Crippen LogP contribution in [-0.4, -0.2) is 34.1 Å². The first kappa shape index (κ1) is 19.4. The molecule has 1 saturated heterocycles. The topological polar surface area (TPSA) is 103 Å². The van der Waals surface area contributed by atoms with E-state index in [4.69, 9.17) is 9.15 Å². The minimum atomic E-state index is -0.637. The molecule has 2 amide bonds. The average molecular weight is 400 g/mol. The largest absolute Gasteiger partial charge is 0.492 e. The third-order valence-electron chi connectivity index (χ3n) is 3.75. The number of carbonyl (C=O) groups is 2. The van der Waals surface area contributed by atoms with Crippen LogP contribution in [-0.2, 0) is 4.79 Å². The fourth-order valence-corrected chi connectivity index (χ4v) is 3.24. The summed E-state index contributed by atoms with van der Waals surface area (Å²) >= 11 is 0.829. The summed E-state index contributed by atoms with van der Waals surface area (Å²) in [7, 11) is 0. The Balaban J connectivity index is 1.56. The zero-order chi connectivity index (χ0) is 20.1. The van der Waals surface area contributed by atoms with Crippen molar-refractivity contribution in [1.82, 2.24) is 4.90 Å². The Morgan fingerprint density at radius 1 is 1.29 bits per heavy atom. The lowest BCUT2D eigenvalue weighted by Gasteiger charge is -2.13. The minimum absolute atomic E-state index is 0.143. The standard InChI is InChI=1S/C19H16N2O6S/c1-13-4-2-6-15(12-13)26-11-10-20-18(22)16(28-19(20)23)7-3-5-14-8-9-17(27-14)21(24)25/h2-9,12H,10-11H2,1H3/b5-3+,16-7-. The van der Waals surface area contributed by atoms with Gasteiger partial charge in [-0.05, 0) is 54.6 Å². The van der Waals surface area contributed by atoms with E-state index in [2.05, 4.69) is 0 Å². The Kier molecular flexibility index (Phi) is 5.95. The van der Waals surface area contributed by atoms with Gasteiger partial charge in [0.2, 0.25) is 0 Å². The molecule has 1 fully saturated rings. The van der Waals surface area contributed by atoms with Crippen LogP contribution in [0.15, 0.2) is 57.9 Å². The summed E-state index contributed by atoms with van der Waals surface area (Å²) in [5, 5.41) is 10.2. The van der Waals surface area contributed by atoms with Crippen LogP contribution in [0.3, 0.4) is 0 Å². The van der Waals surface area contributed by atoms with Crippen molar-refractivity contribution in [3.05, 3.63) is 74.9 Å².